The van der Waals surface area contributed by atoms with Gasteiger partial charge in [0.25, 0.3) is 11.6 Å². The summed E-state index contributed by atoms with van der Waals surface area (Å²) in [5, 5.41) is 22.8. The molecule has 0 fully saturated rings. The van der Waals surface area contributed by atoms with Crippen molar-refractivity contribution in [2.24, 2.45) is 0 Å². The van der Waals surface area contributed by atoms with Crippen LogP contribution in [0, 0.1) is 10.1 Å². The van der Waals surface area contributed by atoms with Gasteiger partial charge in [0.05, 0.1) is 4.92 Å². The number of anilines is 1. The number of fused-ring (bicyclic) bond motifs is 1. The Morgan fingerprint density at radius 3 is 2.48 bits per heavy atom. The summed E-state index contributed by atoms with van der Waals surface area (Å²) in [5.41, 5.74) is 1.20. The first-order valence-electron chi connectivity index (χ1n) is 6.10. The maximum atomic E-state index is 11.4. The normalized spacial score (nSPS) is 16.4. The quantitative estimate of drug-likeness (QED) is 0.671. The second-order valence-corrected chi connectivity index (χ2v) is 5.64. The summed E-state index contributed by atoms with van der Waals surface area (Å²) >= 11 is 1.42. The third-order valence-electron chi connectivity index (χ3n) is 3.11. The van der Waals surface area contributed by atoms with E-state index in [0.717, 1.165) is 9.79 Å². The Kier molecular flexibility index (Phi) is 3.36. The van der Waals surface area contributed by atoms with Crippen LogP contribution in [0.4, 0.5) is 11.4 Å². The first-order valence-corrected chi connectivity index (χ1v) is 6.91. The molecule has 0 spiro atoms. The van der Waals surface area contributed by atoms with Crippen molar-refractivity contribution >= 4 is 29.0 Å². The van der Waals surface area contributed by atoms with Crippen LogP contribution >= 0.6 is 11.8 Å². The van der Waals surface area contributed by atoms with Crippen molar-refractivity contribution in [1.82, 2.24) is 0 Å². The molecule has 21 heavy (non-hydrogen) atoms. The molecule has 0 aliphatic carbocycles. The number of benzene rings is 2. The summed E-state index contributed by atoms with van der Waals surface area (Å²) in [6, 6.07) is 11.5. The van der Waals surface area contributed by atoms with Crippen molar-refractivity contribution in [3.8, 4) is 0 Å². The zero-order valence-electron chi connectivity index (χ0n) is 10.6. The van der Waals surface area contributed by atoms with Gasteiger partial charge in [0.1, 0.15) is 0 Å². The number of carbonyl (C=O) groups excluding carboxylic acids is 1. The van der Waals surface area contributed by atoms with E-state index in [1.54, 1.807) is 30.3 Å². The molecule has 1 unspecified atom stereocenters. The van der Waals surface area contributed by atoms with Crippen LogP contribution in [0.15, 0.2) is 52.3 Å². The standard InChI is InChI=1S/C14H10N2O4S/c17-13-11-6-5-10(7-12(11)15-14(13)18)21-9-3-1-8(2-4-9)16(19)20/h1-7,13,17H,(H,15,18). The van der Waals surface area contributed by atoms with Gasteiger partial charge in [-0.05, 0) is 24.3 Å². The number of nitrogens with zero attached hydrogens (tertiary/aromatic N) is 1. The summed E-state index contributed by atoms with van der Waals surface area (Å²) < 4.78 is 0. The number of amides is 1. The predicted octanol–water partition coefficient (Wildman–Crippen LogP) is 2.73. The average molecular weight is 302 g/mol. The molecule has 6 nitrogen and oxygen atoms in total. The van der Waals surface area contributed by atoms with Crippen molar-refractivity contribution < 1.29 is 14.8 Å². The highest BCUT2D eigenvalue weighted by Crippen LogP contribution is 2.36. The van der Waals surface area contributed by atoms with E-state index in [1.165, 1.54) is 23.9 Å². The van der Waals surface area contributed by atoms with Crippen molar-refractivity contribution in [2.45, 2.75) is 15.9 Å². The monoisotopic (exact) mass is 302 g/mol. The van der Waals surface area contributed by atoms with Gasteiger partial charge in [-0.1, -0.05) is 17.8 Å². The molecule has 7 heteroatoms. The molecule has 3 rings (SSSR count). The van der Waals surface area contributed by atoms with E-state index in [-0.39, 0.29) is 5.69 Å². The molecule has 0 saturated heterocycles. The van der Waals surface area contributed by atoms with Gasteiger partial charge < -0.3 is 10.4 Å². The van der Waals surface area contributed by atoms with Crippen molar-refractivity contribution in [3.63, 3.8) is 0 Å². The number of nitro benzene ring substituents is 1. The van der Waals surface area contributed by atoms with Gasteiger partial charge >= 0.3 is 0 Å². The molecule has 1 heterocycles. The Morgan fingerprint density at radius 1 is 1.14 bits per heavy atom. The topological polar surface area (TPSA) is 92.5 Å². The van der Waals surface area contributed by atoms with Gasteiger partial charge in [-0.15, -0.1) is 0 Å². The number of nitrogens with one attached hydrogen (secondary N) is 1. The molecule has 2 aromatic rings. The lowest BCUT2D eigenvalue weighted by atomic mass is 10.1. The van der Waals surface area contributed by atoms with Crippen molar-refractivity contribution in [2.75, 3.05) is 5.32 Å². The maximum Gasteiger partial charge on any atom is 0.269 e. The number of aliphatic hydroxyl groups is 1. The number of aliphatic hydroxyl groups excluding tert-OH is 1. The molecule has 1 aliphatic rings. The molecule has 0 bridgehead atoms. The summed E-state index contributed by atoms with van der Waals surface area (Å²) in [5.74, 6) is -0.428. The molecule has 1 aliphatic heterocycles. The molecule has 0 saturated carbocycles. The molecule has 0 radical (unpaired) electrons. The number of non-ortho nitro benzene ring substituents is 1. The lowest BCUT2D eigenvalue weighted by molar-refractivity contribution is -0.384. The zero-order chi connectivity index (χ0) is 15.0. The Hall–Kier alpha value is -2.38. The first-order chi connectivity index (χ1) is 10.0. The van der Waals surface area contributed by atoms with E-state index in [0.29, 0.717) is 11.3 Å². The van der Waals surface area contributed by atoms with Gasteiger partial charge in [-0.2, -0.15) is 0 Å². The lowest BCUT2D eigenvalue weighted by Gasteiger charge is -2.05. The molecular formula is C14H10N2O4S. The summed E-state index contributed by atoms with van der Waals surface area (Å²) in [6.07, 6.45) is -1.11. The van der Waals surface area contributed by atoms with E-state index in [9.17, 15) is 20.0 Å². The zero-order valence-corrected chi connectivity index (χ0v) is 11.5. The Balaban J connectivity index is 1.81. The van der Waals surface area contributed by atoms with E-state index in [1.807, 2.05) is 0 Å². The number of carbonyl (C=O) groups is 1. The minimum absolute atomic E-state index is 0.0451. The Morgan fingerprint density at radius 2 is 1.81 bits per heavy atom. The second kappa shape index (κ2) is 5.19. The van der Waals surface area contributed by atoms with Crippen LogP contribution < -0.4 is 5.32 Å². The van der Waals surface area contributed by atoms with Gasteiger partial charge in [0.15, 0.2) is 6.10 Å². The molecule has 1 atom stereocenters. The fourth-order valence-corrected chi connectivity index (χ4v) is 2.92. The summed E-state index contributed by atoms with van der Waals surface area (Å²) in [7, 11) is 0. The Bertz CT molecular complexity index is 730. The molecule has 2 N–H and O–H groups in total. The lowest BCUT2D eigenvalue weighted by Crippen LogP contribution is -2.10. The van der Waals surface area contributed by atoms with E-state index >= 15 is 0 Å². The third-order valence-corrected chi connectivity index (χ3v) is 4.11. The van der Waals surface area contributed by atoms with E-state index in [2.05, 4.69) is 5.32 Å². The van der Waals surface area contributed by atoms with Crippen LogP contribution in [0.5, 0.6) is 0 Å². The highest BCUT2D eigenvalue weighted by Gasteiger charge is 2.28. The van der Waals surface area contributed by atoms with Crippen LogP contribution in [0.3, 0.4) is 0 Å². The number of rotatable bonds is 3. The van der Waals surface area contributed by atoms with Crippen molar-refractivity contribution in [3.05, 3.63) is 58.1 Å². The van der Waals surface area contributed by atoms with Crippen LogP contribution in [0.25, 0.3) is 0 Å². The number of hydrogen-bond acceptors (Lipinski definition) is 5. The van der Waals surface area contributed by atoms with E-state index < -0.39 is 16.9 Å². The predicted molar refractivity (Wildman–Crippen MR) is 77.3 cm³/mol. The molecule has 0 aromatic heterocycles. The van der Waals surface area contributed by atoms with Crippen LogP contribution in [-0.2, 0) is 4.79 Å². The fourth-order valence-electron chi connectivity index (χ4n) is 2.06. The minimum Gasteiger partial charge on any atom is -0.378 e. The smallest absolute Gasteiger partial charge is 0.269 e. The molecule has 2 aromatic carbocycles. The van der Waals surface area contributed by atoms with Gasteiger partial charge in [0, 0.05) is 33.2 Å². The molecule has 106 valence electrons. The highest BCUT2D eigenvalue weighted by atomic mass is 32.2. The SMILES string of the molecule is O=C1Nc2cc(Sc3ccc([N+](=O)[O-])cc3)ccc2C1O. The van der Waals surface area contributed by atoms with E-state index in [4.69, 9.17) is 0 Å². The highest BCUT2D eigenvalue weighted by molar-refractivity contribution is 7.99. The van der Waals surface area contributed by atoms with Crippen LogP contribution in [-0.4, -0.2) is 15.9 Å². The van der Waals surface area contributed by atoms with Gasteiger partial charge in [-0.3, -0.25) is 14.9 Å². The summed E-state index contributed by atoms with van der Waals surface area (Å²) in [4.78, 5) is 23.2. The van der Waals surface area contributed by atoms with Crippen LogP contribution in [0.1, 0.15) is 11.7 Å². The summed E-state index contributed by atoms with van der Waals surface area (Å²) in [6.45, 7) is 0. The van der Waals surface area contributed by atoms with Gasteiger partial charge in [0.2, 0.25) is 0 Å². The average Bonchev–Trinajstić information content (AvgIpc) is 2.74. The Labute approximate surface area is 123 Å². The molecular weight excluding hydrogens is 292 g/mol. The van der Waals surface area contributed by atoms with Gasteiger partial charge in [-0.25, -0.2) is 0 Å². The maximum absolute atomic E-state index is 11.4. The second-order valence-electron chi connectivity index (χ2n) is 4.49. The first kappa shape index (κ1) is 13.6. The number of hydrogen-bond donors (Lipinski definition) is 2. The third kappa shape index (κ3) is 2.61. The largest absolute Gasteiger partial charge is 0.378 e. The van der Waals surface area contributed by atoms with Crippen LogP contribution in [0.2, 0.25) is 0 Å². The van der Waals surface area contributed by atoms with Crippen molar-refractivity contribution in [1.29, 1.82) is 0 Å². The fraction of sp³-hybridized carbons (Fsp3) is 0.0714. The minimum atomic E-state index is -1.11. The number of nitro groups is 1. The molecule has 1 amide bonds.